The number of nitrogens with zero attached hydrogens (tertiary/aromatic N) is 1. The van der Waals surface area contributed by atoms with E-state index >= 15 is 0 Å². The van der Waals surface area contributed by atoms with Crippen LogP contribution in [0.5, 0.6) is 0 Å². The molecule has 3 rings (SSSR count). The second kappa shape index (κ2) is 6.92. The van der Waals surface area contributed by atoms with Gasteiger partial charge in [0.05, 0.1) is 6.04 Å². The second-order valence-electron chi connectivity index (χ2n) is 5.96. The molecule has 0 bridgehead atoms. The van der Waals surface area contributed by atoms with Crippen molar-refractivity contribution in [3.63, 3.8) is 0 Å². The van der Waals surface area contributed by atoms with Crippen molar-refractivity contribution in [1.82, 2.24) is 4.90 Å². The zero-order chi connectivity index (χ0) is 15.5. The van der Waals surface area contributed by atoms with Crippen molar-refractivity contribution in [2.75, 3.05) is 6.54 Å². The van der Waals surface area contributed by atoms with Crippen LogP contribution < -0.4 is 0 Å². The average Bonchev–Trinajstić information content (AvgIpc) is 2.92. The molecule has 0 N–H and O–H groups in total. The molecule has 0 aromatic heterocycles. The lowest BCUT2D eigenvalue weighted by Crippen LogP contribution is -2.25. The molecule has 0 aliphatic carbocycles. The number of carbonyl (C=O) groups excluding carboxylic acids is 1. The van der Waals surface area contributed by atoms with Crippen LogP contribution in [0.4, 0.5) is 0 Å². The van der Waals surface area contributed by atoms with Crippen LogP contribution in [0, 0.1) is 3.57 Å². The molecular weight excluding hydrogens is 385 g/mol. The maximum absolute atomic E-state index is 11.6. The quantitative estimate of drug-likeness (QED) is 0.538. The van der Waals surface area contributed by atoms with Crippen molar-refractivity contribution in [2.45, 2.75) is 31.8 Å². The Labute approximate surface area is 145 Å². The summed E-state index contributed by atoms with van der Waals surface area (Å²) in [5, 5.41) is 0. The van der Waals surface area contributed by atoms with Crippen molar-refractivity contribution in [1.29, 1.82) is 0 Å². The van der Waals surface area contributed by atoms with E-state index in [-0.39, 0.29) is 6.04 Å². The van der Waals surface area contributed by atoms with Gasteiger partial charge in [-0.1, -0.05) is 49.4 Å². The molecule has 1 aliphatic heterocycles. The SMILES string of the molecule is CC(CCN1Cc2cccc(I)c2C1C=O)c1ccccc1. The minimum absolute atomic E-state index is 0.0777. The molecule has 3 heteroatoms. The fourth-order valence-electron chi connectivity index (χ4n) is 3.23. The number of benzene rings is 2. The lowest BCUT2D eigenvalue weighted by molar-refractivity contribution is -0.112. The Morgan fingerprint density at radius 3 is 2.73 bits per heavy atom. The van der Waals surface area contributed by atoms with Gasteiger partial charge in [0, 0.05) is 16.7 Å². The summed E-state index contributed by atoms with van der Waals surface area (Å²) in [6.07, 6.45) is 2.17. The monoisotopic (exact) mass is 405 g/mol. The van der Waals surface area contributed by atoms with E-state index in [1.807, 2.05) is 0 Å². The summed E-state index contributed by atoms with van der Waals surface area (Å²) in [4.78, 5) is 13.9. The van der Waals surface area contributed by atoms with Crippen molar-refractivity contribution >= 4 is 28.9 Å². The van der Waals surface area contributed by atoms with Gasteiger partial charge < -0.3 is 4.79 Å². The molecule has 0 spiro atoms. The molecule has 1 heterocycles. The number of aldehydes is 1. The average molecular weight is 405 g/mol. The van der Waals surface area contributed by atoms with Gasteiger partial charge in [-0.15, -0.1) is 0 Å². The highest BCUT2D eigenvalue weighted by molar-refractivity contribution is 14.1. The molecular formula is C19H20INO. The predicted molar refractivity (Wildman–Crippen MR) is 97.8 cm³/mol. The molecule has 0 saturated carbocycles. The van der Waals surface area contributed by atoms with Crippen molar-refractivity contribution in [3.8, 4) is 0 Å². The van der Waals surface area contributed by atoms with E-state index in [1.165, 1.54) is 20.3 Å². The van der Waals surface area contributed by atoms with Gasteiger partial charge in [0.25, 0.3) is 0 Å². The normalized spacial score (nSPS) is 18.9. The number of fused-ring (bicyclic) bond motifs is 1. The fourth-order valence-corrected chi connectivity index (χ4v) is 4.10. The molecule has 2 atom stereocenters. The molecule has 2 nitrogen and oxygen atoms in total. The highest BCUT2D eigenvalue weighted by Gasteiger charge is 2.31. The van der Waals surface area contributed by atoms with E-state index in [9.17, 15) is 4.79 Å². The van der Waals surface area contributed by atoms with E-state index < -0.39 is 0 Å². The van der Waals surface area contributed by atoms with Crippen LogP contribution >= 0.6 is 22.6 Å². The second-order valence-corrected chi connectivity index (χ2v) is 7.13. The fraction of sp³-hybridized carbons (Fsp3) is 0.316. The number of halogens is 1. The first-order valence-electron chi connectivity index (χ1n) is 7.72. The van der Waals surface area contributed by atoms with Gasteiger partial charge in [-0.3, -0.25) is 4.90 Å². The summed E-state index contributed by atoms with van der Waals surface area (Å²) in [5.41, 5.74) is 3.89. The molecule has 0 fully saturated rings. The topological polar surface area (TPSA) is 20.3 Å². The van der Waals surface area contributed by atoms with Crippen LogP contribution in [0.15, 0.2) is 48.5 Å². The molecule has 22 heavy (non-hydrogen) atoms. The van der Waals surface area contributed by atoms with Gasteiger partial charge >= 0.3 is 0 Å². The predicted octanol–water partition coefficient (Wildman–Crippen LogP) is 4.54. The third-order valence-corrected chi connectivity index (χ3v) is 5.49. The molecule has 0 amide bonds. The Kier molecular flexibility index (Phi) is 4.93. The summed E-state index contributed by atoms with van der Waals surface area (Å²) in [7, 11) is 0. The number of hydrogen-bond acceptors (Lipinski definition) is 2. The van der Waals surface area contributed by atoms with Crippen molar-refractivity contribution < 1.29 is 4.79 Å². The van der Waals surface area contributed by atoms with E-state index in [1.54, 1.807) is 0 Å². The van der Waals surface area contributed by atoms with Crippen LogP contribution in [0.25, 0.3) is 0 Å². The molecule has 0 saturated heterocycles. The summed E-state index contributed by atoms with van der Waals surface area (Å²) < 4.78 is 1.20. The number of carbonyl (C=O) groups is 1. The highest BCUT2D eigenvalue weighted by Crippen LogP contribution is 2.36. The minimum Gasteiger partial charge on any atom is -0.301 e. The largest absolute Gasteiger partial charge is 0.301 e. The lowest BCUT2D eigenvalue weighted by atomic mass is 9.97. The Bertz CT molecular complexity index is 656. The van der Waals surface area contributed by atoms with Crippen LogP contribution in [0.3, 0.4) is 0 Å². The maximum Gasteiger partial charge on any atom is 0.141 e. The third-order valence-electron chi connectivity index (χ3n) is 4.55. The van der Waals surface area contributed by atoms with E-state index in [0.717, 1.165) is 25.8 Å². The van der Waals surface area contributed by atoms with Gasteiger partial charge in [-0.25, -0.2) is 0 Å². The van der Waals surface area contributed by atoms with Crippen LogP contribution in [-0.2, 0) is 11.3 Å². The first kappa shape index (κ1) is 15.7. The molecule has 114 valence electrons. The number of rotatable bonds is 5. The maximum atomic E-state index is 11.6. The molecule has 2 aromatic carbocycles. The zero-order valence-electron chi connectivity index (χ0n) is 12.7. The molecule has 0 radical (unpaired) electrons. The molecule has 2 aromatic rings. The Morgan fingerprint density at radius 2 is 2.00 bits per heavy atom. The van der Waals surface area contributed by atoms with E-state index in [2.05, 4.69) is 82.9 Å². The van der Waals surface area contributed by atoms with Crippen LogP contribution in [0.2, 0.25) is 0 Å². The first-order valence-corrected chi connectivity index (χ1v) is 8.80. The highest BCUT2D eigenvalue weighted by atomic mass is 127. The van der Waals surface area contributed by atoms with Crippen molar-refractivity contribution in [3.05, 3.63) is 68.8 Å². The summed E-state index contributed by atoms with van der Waals surface area (Å²) in [6.45, 7) is 4.10. The van der Waals surface area contributed by atoms with Crippen molar-refractivity contribution in [2.24, 2.45) is 0 Å². The van der Waals surface area contributed by atoms with E-state index in [0.29, 0.717) is 5.92 Å². The standard InChI is InChI=1S/C19H20INO/c1-14(15-6-3-2-4-7-15)10-11-21-12-16-8-5-9-17(20)19(16)18(21)13-22/h2-9,13-14,18H,10-12H2,1H3. The van der Waals surface area contributed by atoms with E-state index in [4.69, 9.17) is 0 Å². The molecule has 1 aliphatic rings. The van der Waals surface area contributed by atoms with Crippen LogP contribution in [-0.4, -0.2) is 17.7 Å². The van der Waals surface area contributed by atoms with Gasteiger partial charge in [0.1, 0.15) is 6.29 Å². The summed E-state index contributed by atoms with van der Waals surface area (Å²) in [6, 6.07) is 16.8. The molecule has 2 unspecified atom stereocenters. The Balaban J connectivity index is 1.69. The summed E-state index contributed by atoms with van der Waals surface area (Å²) >= 11 is 2.34. The van der Waals surface area contributed by atoms with Gasteiger partial charge in [0.15, 0.2) is 0 Å². The number of hydrogen-bond donors (Lipinski definition) is 0. The Morgan fingerprint density at radius 1 is 1.23 bits per heavy atom. The Hall–Kier alpha value is -1.20. The summed E-state index contributed by atoms with van der Waals surface area (Å²) in [5.74, 6) is 0.510. The first-order chi connectivity index (χ1) is 10.7. The zero-order valence-corrected chi connectivity index (χ0v) is 14.9. The van der Waals surface area contributed by atoms with Gasteiger partial charge in [-0.05, 0) is 57.7 Å². The van der Waals surface area contributed by atoms with Gasteiger partial charge in [-0.2, -0.15) is 0 Å². The smallest absolute Gasteiger partial charge is 0.141 e. The lowest BCUT2D eigenvalue weighted by Gasteiger charge is -2.23. The minimum atomic E-state index is -0.0777. The third kappa shape index (κ3) is 3.10. The van der Waals surface area contributed by atoms with Crippen LogP contribution in [0.1, 0.15) is 42.0 Å². The van der Waals surface area contributed by atoms with Gasteiger partial charge in [0.2, 0.25) is 0 Å².